The summed E-state index contributed by atoms with van der Waals surface area (Å²) >= 11 is 4.11. The van der Waals surface area contributed by atoms with Crippen LogP contribution in [0.1, 0.15) is 32.8 Å². The number of H-pyrrole nitrogens is 1. The number of amides is 3. The molecule has 0 fully saturated rings. The van der Waals surface area contributed by atoms with Gasteiger partial charge in [0.1, 0.15) is 18.1 Å². The number of nitrogens with two attached hydrogens (primary N) is 1. The van der Waals surface area contributed by atoms with E-state index in [1.54, 1.807) is 13.1 Å². The number of carbonyl (C=O) groups is 4. The van der Waals surface area contributed by atoms with E-state index in [1.807, 2.05) is 31.2 Å². The maximum absolute atomic E-state index is 12.9. The molecule has 1 aromatic heterocycles. The van der Waals surface area contributed by atoms with Crippen LogP contribution in [0.2, 0.25) is 0 Å². The van der Waals surface area contributed by atoms with Crippen molar-refractivity contribution in [3.8, 4) is 0 Å². The molecule has 12 heteroatoms. The Hall–Kier alpha value is -3.09. The molecular formula is C24H35N5O6S. The fraction of sp³-hybridized carbons (Fsp3) is 0.500. The summed E-state index contributed by atoms with van der Waals surface area (Å²) in [5, 5.41) is 27.9. The van der Waals surface area contributed by atoms with Crippen LogP contribution in [0.25, 0.3) is 10.9 Å². The topological polar surface area (TPSA) is 187 Å². The summed E-state index contributed by atoms with van der Waals surface area (Å²) in [6.07, 6.45) is 1.06. The highest BCUT2D eigenvalue weighted by atomic mass is 32.1. The third kappa shape index (κ3) is 7.45. The Morgan fingerprint density at radius 3 is 2.25 bits per heavy atom. The molecule has 36 heavy (non-hydrogen) atoms. The molecule has 0 aliphatic rings. The van der Waals surface area contributed by atoms with Gasteiger partial charge in [0.25, 0.3) is 0 Å². The summed E-state index contributed by atoms with van der Waals surface area (Å²) < 4.78 is 0. The lowest BCUT2D eigenvalue weighted by molar-refractivity contribution is -0.142. The van der Waals surface area contributed by atoms with Crippen LogP contribution in [0.3, 0.4) is 0 Å². The molecule has 11 nitrogen and oxygen atoms in total. The number of carbonyl (C=O) groups excluding carboxylic acids is 3. The van der Waals surface area contributed by atoms with Gasteiger partial charge in [-0.25, -0.2) is 4.79 Å². The van der Waals surface area contributed by atoms with Crippen LogP contribution in [0.15, 0.2) is 30.5 Å². The number of nitrogens with one attached hydrogen (secondary N) is 4. The minimum atomic E-state index is -1.37. The summed E-state index contributed by atoms with van der Waals surface area (Å²) in [5.74, 6) is -3.74. The Labute approximate surface area is 215 Å². The number of aromatic amines is 1. The summed E-state index contributed by atoms with van der Waals surface area (Å²) in [6, 6.07) is 2.64. The third-order valence-electron chi connectivity index (χ3n) is 6.15. The first-order valence-electron chi connectivity index (χ1n) is 11.7. The van der Waals surface area contributed by atoms with E-state index in [0.29, 0.717) is 12.0 Å². The zero-order valence-corrected chi connectivity index (χ0v) is 21.4. The molecule has 1 aromatic carbocycles. The zero-order chi connectivity index (χ0) is 27.0. The maximum Gasteiger partial charge on any atom is 0.326 e. The van der Waals surface area contributed by atoms with E-state index in [4.69, 9.17) is 5.73 Å². The molecule has 6 unspecified atom stereocenters. The number of thiol groups is 1. The standard InChI is InChI=1S/C24H35N5O6S/c1-4-12(2)19(25)22(32)29-20(13(3)30)23(33)28-18(11-36)21(31)27-17(24(34)35)9-14-10-26-16-8-6-5-7-15(14)16/h5-8,10,12-13,17-20,26,30,36H,4,9,11,25H2,1-3H3,(H,27,31)(H,28,33)(H,29,32)(H,34,35). The Bertz CT molecular complexity index is 1070. The van der Waals surface area contributed by atoms with Crippen LogP contribution in [-0.2, 0) is 25.6 Å². The quantitative estimate of drug-likeness (QED) is 0.169. The van der Waals surface area contributed by atoms with Crippen molar-refractivity contribution in [3.05, 3.63) is 36.0 Å². The zero-order valence-electron chi connectivity index (χ0n) is 20.5. The molecule has 8 N–H and O–H groups in total. The van der Waals surface area contributed by atoms with Crippen molar-refractivity contribution in [2.24, 2.45) is 11.7 Å². The smallest absolute Gasteiger partial charge is 0.326 e. The van der Waals surface area contributed by atoms with Gasteiger partial charge in [-0.1, -0.05) is 38.5 Å². The van der Waals surface area contributed by atoms with Crippen molar-refractivity contribution in [2.75, 3.05) is 5.75 Å². The third-order valence-corrected chi connectivity index (χ3v) is 6.52. The molecule has 0 saturated carbocycles. The van der Waals surface area contributed by atoms with Crippen molar-refractivity contribution in [1.82, 2.24) is 20.9 Å². The monoisotopic (exact) mass is 521 g/mol. The van der Waals surface area contributed by atoms with E-state index in [0.717, 1.165) is 10.9 Å². The molecule has 2 rings (SSSR count). The van der Waals surface area contributed by atoms with Gasteiger partial charge in [0, 0.05) is 29.3 Å². The molecule has 0 spiro atoms. The number of aliphatic hydroxyl groups is 1. The van der Waals surface area contributed by atoms with E-state index < -0.39 is 54.0 Å². The fourth-order valence-corrected chi connectivity index (χ4v) is 3.87. The molecule has 0 aliphatic heterocycles. The van der Waals surface area contributed by atoms with Crippen LogP contribution in [0, 0.1) is 5.92 Å². The number of para-hydroxylation sites is 1. The Kier molecular flexibility index (Phi) is 10.8. The SMILES string of the molecule is CCC(C)C(N)C(=O)NC(C(=O)NC(CS)C(=O)NC(Cc1c[nH]c2ccccc12)C(=O)O)C(C)O. The number of fused-ring (bicyclic) bond motifs is 1. The summed E-state index contributed by atoms with van der Waals surface area (Å²) in [4.78, 5) is 53.0. The average Bonchev–Trinajstić information content (AvgIpc) is 3.26. The van der Waals surface area contributed by atoms with Gasteiger partial charge in [-0.3, -0.25) is 14.4 Å². The first-order chi connectivity index (χ1) is 17.0. The van der Waals surface area contributed by atoms with Crippen molar-refractivity contribution in [2.45, 2.75) is 63.9 Å². The van der Waals surface area contributed by atoms with E-state index in [9.17, 15) is 29.4 Å². The fourth-order valence-electron chi connectivity index (χ4n) is 3.62. The Balaban J connectivity index is 2.08. The predicted octanol–water partition coefficient (Wildman–Crippen LogP) is -0.0666. The molecule has 198 valence electrons. The maximum atomic E-state index is 12.9. The molecule has 0 aliphatic carbocycles. The van der Waals surface area contributed by atoms with Crippen LogP contribution in [-0.4, -0.2) is 74.9 Å². The highest BCUT2D eigenvalue weighted by Crippen LogP contribution is 2.19. The average molecular weight is 522 g/mol. The van der Waals surface area contributed by atoms with Crippen molar-refractivity contribution >= 4 is 47.2 Å². The molecule has 1 heterocycles. The number of rotatable bonds is 13. The molecule has 2 aromatic rings. The van der Waals surface area contributed by atoms with Crippen LogP contribution in [0.4, 0.5) is 0 Å². The largest absolute Gasteiger partial charge is 0.480 e. The van der Waals surface area contributed by atoms with Gasteiger partial charge in [0.2, 0.25) is 17.7 Å². The number of carboxylic acid groups (broad SMARTS) is 1. The molecule has 6 atom stereocenters. The number of benzene rings is 1. The molecular weight excluding hydrogens is 486 g/mol. The second-order valence-corrected chi connectivity index (χ2v) is 9.21. The molecule has 3 amide bonds. The number of hydrogen-bond donors (Lipinski definition) is 8. The van der Waals surface area contributed by atoms with E-state index >= 15 is 0 Å². The van der Waals surface area contributed by atoms with E-state index in [2.05, 4.69) is 33.6 Å². The molecule has 0 bridgehead atoms. The summed E-state index contributed by atoms with van der Waals surface area (Å²) in [5.41, 5.74) is 7.45. The second-order valence-electron chi connectivity index (χ2n) is 8.84. The second kappa shape index (κ2) is 13.3. The highest BCUT2D eigenvalue weighted by Gasteiger charge is 2.32. The van der Waals surface area contributed by atoms with Crippen molar-refractivity contribution in [3.63, 3.8) is 0 Å². The van der Waals surface area contributed by atoms with Gasteiger partial charge in [-0.15, -0.1) is 0 Å². The summed E-state index contributed by atoms with van der Waals surface area (Å²) in [6.45, 7) is 4.98. The summed E-state index contributed by atoms with van der Waals surface area (Å²) in [7, 11) is 0. The minimum Gasteiger partial charge on any atom is -0.480 e. The normalized spacial score (nSPS) is 16.3. The van der Waals surface area contributed by atoms with Crippen molar-refractivity contribution < 1.29 is 29.4 Å². The molecule has 0 radical (unpaired) electrons. The number of aliphatic carboxylic acids is 1. The van der Waals surface area contributed by atoms with Crippen LogP contribution < -0.4 is 21.7 Å². The predicted molar refractivity (Wildman–Crippen MR) is 138 cm³/mol. The lowest BCUT2D eigenvalue weighted by atomic mass is 9.98. The van der Waals surface area contributed by atoms with Crippen LogP contribution in [0.5, 0.6) is 0 Å². The van der Waals surface area contributed by atoms with Crippen LogP contribution >= 0.6 is 12.6 Å². The lowest BCUT2D eigenvalue weighted by Crippen LogP contribution is -2.60. The van der Waals surface area contributed by atoms with Gasteiger partial charge in [0.05, 0.1) is 12.1 Å². The first-order valence-corrected chi connectivity index (χ1v) is 12.4. The first kappa shape index (κ1) is 29.1. The minimum absolute atomic E-state index is 0.0121. The van der Waals surface area contributed by atoms with E-state index in [-0.39, 0.29) is 18.1 Å². The van der Waals surface area contributed by atoms with Gasteiger partial charge < -0.3 is 36.9 Å². The number of aromatic nitrogens is 1. The van der Waals surface area contributed by atoms with Gasteiger partial charge in [-0.2, -0.15) is 12.6 Å². The van der Waals surface area contributed by atoms with Crippen molar-refractivity contribution in [1.29, 1.82) is 0 Å². The number of hydrogen-bond acceptors (Lipinski definition) is 7. The van der Waals surface area contributed by atoms with E-state index in [1.165, 1.54) is 6.92 Å². The van der Waals surface area contributed by atoms with Gasteiger partial charge in [-0.05, 0) is 24.5 Å². The Morgan fingerprint density at radius 2 is 1.67 bits per heavy atom. The Morgan fingerprint density at radius 1 is 1.03 bits per heavy atom. The number of aliphatic hydroxyl groups excluding tert-OH is 1. The molecule has 0 saturated heterocycles. The number of carboxylic acids is 1. The highest BCUT2D eigenvalue weighted by molar-refractivity contribution is 7.80. The van der Waals surface area contributed by atoms with Gasteiger partial charge >= 0.3 is 5.97 Å². The lowest BCUT2D eigenvalue weighted by Gasteiger charge is -2.26. The van der Waals surface area contributed by atoms with Gasteiger partial charge in [0.15, 0.2) is 0 Å².